The van der Waals surface area contributed by atoms with Crippen LogP contribution >= 0.6 is 0 Å². The van der Waals surface area contributed by atoms with Gasteiger partial charge in [0.1, 0.15) is 5.60 Å². The number of methoxy groups -OCH3 is 1. The van der Waals surface area contributed by atoms with E-state index in [1.54, 1.807) is 6.92 Å². The average Bonchev–Trinajstić information content (AvgIpc) is 2.95. The van der Waals surface area contributed by atoms with Crippen LogP contribution in [0.1, 0.15) is 12.5 Å². The predicted molar refractivity (Wildman–Crippen MR) is 50.6 cm³/mol. The lowest BCUT2D eigenvalue weighted by molar-refractivity contribution is -0.142. The number of rotatable bonds is 2. The summed E-state index contributed by atoms with van der Waals surface area (Å²) >= 11 is 0. The van der Waals surface area contributed by atoms with Gasteiger partial charge >= 0.3 is 5.97 Å². The van der Waals surface area contributed by atoms with Crippen LogP contribution in [-0.2, 0) is 19.9 Å². The van der Waals surface area contributed by atoms with Crippen LogP contribution in [0.4, 0.5) is 8.78 Å². The van der Waals surface area contributed by atoms with E-state index in [2.05, 4.69) is 4.74 Å². The van der Waals surface area contributed by atoms with E-state index in [0.717, 1.165) is 12.1 Å². The second kappa shape index (κ2) is 3.52. The molecule has 2 unspecified atom stereocenters. The van der Waals surface area contributed by atoms with Crippen LogP contribution in [0.2, 0.25) is 0 Å². The van der Waals surface area contributed by atoms with E-state index < -0.39 is 29.3 Å². The molecule has 0 N–H and O–H groups in total. The summed E-state index contributed by atoms with van der Waals surface area (Å²) in [5.41, 5.74) is -0.497. The maximum Gasteiger partial charge on any atom is 0.338 e. The Bertz CT molecular complexity index is 447. The first-order valence-electron chi connectivity index (χ1n) is 4.70. The van der Waals surface area contributed by atoms with Gasteiger partial charge in [0, 0.05) is 0 Å². The van der Waals surface area contributed by atoms with E-state index in [0.29, 0.717) is 5.56 Å². The predicted octanol–water partition coefficient (Wildman–Crippen LogP) is 1.75. The van der Waals surface area contributed by atoms with Crippen LogP contribution in [0, 0.1) is 11.6 Å². The maximum absolute atomic E-state index is 13.0. The SMILES string of the molecule is COC(=O)C1OC1(C)c1ccc(F)c(F)c1. The van der Waals surface area contributed by atoms with Crippen molar-refractivity contribution in [3.05, 3.63) is 35.4 Å². The monoisotopic (exact) mass is 228 g/mol. The number of carbonyl (C=O) groups excluding carboxylic acids is 1. The van der Waals surface area contributed by atoms with Crippen molar-refractivity contribution in [1.82, 2.24) is 0 Å². The van der Waals surface area contributed by atoms with Gasteiger partial charge in [0.15, 0.2) is 17.7 Å². The first kappa shape index (κ1) is 11.0. The molecular formula is C11H10F2O3. The molecule has 0 spiro atoms. The third kappa shape index (κ3) is 1.57. The van der Waals surface area contributed by atoms with Gasteiger partial charge < -0.3 is 9.47 Å². The Labute approximate surface area is 91.0 Å². The summed E-state index contributed by atoms with van der Waals surface area (Å²) in [6, 6.07) is 3.42. The Morgan fingerprint density at radius 2 is 2.12 bits per heavy atom. The number of ether oxygens (including phenoxy) is 2. The molecule has 16 heavy (non-hydrogen) atoms. The molecule has 3 nitrogen and oxygen atoms in total. The normalized spacial score (nSPS) is 27.6. The van der Waals surface area contributed by atoms with E-state index in [9.17, 15) is 13.6 Å². The fraction of sp³-hybridized carbons (Fsp3) is 0.364. The van der Waals surface area contributed by atoms with Gasteiger partial charge in [0.2, 0.25) is 0 Å². The molecule has 0 amide bonds. The van der Waals surface area contributed by atoms with Crippen molar-refractivity contribution in [2.75, 3.05) is 7.11 Å². The largest absolute Gasteiger partial charge is 0.467 e. The summed E-state index contributed by atoms with van der Waals surface area (Å²) in [6.45, 7) is 1.63. The number of hydrogen-bond acceptors (Lipinski definition) is 3. The van der Waals surface area contributed by atoms with Gasteiger partial charge in [-0.15, -0.1) is 0 Å². The molecule has 86 valence electrons. The van der Waals surface area contributed by atoms with E-state index in [4.69, 9.17) is 4.74 Å². The molecule has 1 fully saturated rings. The van der Waals surface area contributed by atoms with Gasteiger partial charge in [-0.1, -0.05) is 6.07 Å². The Morgan fingerprint density at radius 3 is 2.69 bits per heavy atom. The lowest BCUT2D eigenvalue weighted by atomic mass is 9.97. The van der Waals surface area contributed by atoms with Crippen LogP contribution < -0.4 is 0 Å². The highest BCUT2D eigenvalue weighted by Crippen LogP contribution is 2.46. The van der Waals surface area contributed by atoms with E-state index in [1.165, 1.54) is 13.2 Å². The molecule has 0 aromatic heterocycles. The Balaban J connectivity index is 2.26. The molecule has 0 radical (unpaired) electrons. The lowest BCUT2D eigenvalue weighted by Gasteiger charge is -2.06. The minimum absolute atomic E-state index is 0.418. The summed E-state index contributed by atoms with van der Waals surface area (Å²) < 4.78 is 35.4. The molecule has 1 aromatic carbocycles. The zero-order chi connectivity index (χ0) is 11.9. The van der Waals surface area contributed by atoms with Crippen molar-refractivity contribution in [2.45, 2.75) is 18.6 Å². The molecule has 0 bridgehead atoms. The Hall–Kier alpha value is -1.49. The Kier molecular flexibility index (Phi) is 2.42. The summed E-state index contributed by atoms with van der Waals surface area (Å²) in [6.07, 6.45) is -0.748. The molecule has 2 atom stereocenters. The smallest absolute Gasteiger partial charge is 0.338 e. The van der Waals surface area contributed by atoms with Crippen molar-refractivity contribution in [2.24, 2.45) is 0 Å². The topological polar surface area (TPSA) is 38.8 Å². The van der Waals surface area contributed by atoms with Crippen LogP contribution in [0.3, 0.4) is 0 Å². The molecule has 0 aliphatic carbocycles. The van der Waals surface area contributed by atoms with Crippen molar-refractivity contribution < 1.29 is 23.0 Å². The minimum Gasteiger partial charge on any atom is -0.467 e. The molecule has 1 heterocycles. The third-order valence-electron chi connectivity index (χ3n) is 2.71. The third-order valence-corrected chi connectivity index (χ3v) is 2.71. The number of benzene rings is 1. The summed E-state index contributed by atoms with van der Waals surface area (Å²) in [5.74, 6) is -2.41. The average molecular weight is 228 g/mol. The Morgan fingerprint density at radius 1 is 1.44 bits per heavy atom. The van der Waals surface area contributed by atoms with Crippen molar-refractivity contribution in [1.29, 1.82) is 0 Å². The lowest BCUT2D eigenvalue weighted by Crippen LogP contribution is -2.17. The summed E-state index contributed by atoms with van der Waals surface area (Å²) in [5, 5.41) is 0. The first-order valence-corrected chi connectivity index (χ1v) is 4.70. The molecule has 2 rings (SSSR count). The zero-order valence-electron chi connectivity index (χ0n) is 8.79. The van der Waals surface area contributed by atoms with Crippen LogP contribution in [0.25, 0.3) is 0 Å². The van der Waals surface area contributed by atoms with Gasteiger partial charge in [-0.3, -0.25) is 0 Å². The quantitative estimate of drug-likeness (QED) is 0.571. The molecule has 1 aromatic rings. The number of epoxide rings is 1. The molecule has 1 aliphatic rings. The van der Waals surface area contributed by atoms with E-state index in [-0.39, 0.29) is 0 Å². The number of hydrogen-bond donors (Lipinski definition) is 0. The van der Waals surface area contributed by atoms with E-state index >= 15 is 0 Å². The standard InChI is InChI=1S/C11H10F2O3/c1-11(9(16-11)10(14)15-2)6-3-4-7(12)8(13)5-6/h3-5,9H,1-2H3. The highest BCUT2D eigenvalue weighted by molar-refractivity contribution is 5.79. The number of halogens is 2. The van der Waals surface area contributed by atoms with Crippen LogP contribution in [-0.4, -0.2) is 19.2 Å². The van der Waals surface area contributed by atoms with Crippen molar-refractivity contribution in [3.8, 4) is 0 Å². The fourth-order valence-corrected chi connectivity index (χ4v) is 1.62. The molecule has 0 saturated carbocycles. The highest BCUT2D eigenvalue weighted by atomic mass is 19.2. The van der Waals surface area contributed by atoms with Gasteiger partial charge in [-0.05, 0) is 24.6 Å². The maximum atomic E-state index is 13.0. The number of carbonyl (C=O) groups is 1. The zero-order valence-corrected chi connectivity index (χ0v) is 8.79. The van der Waals surface area contributed by atoms with E-state index in [1.807, 2.05) is 0 Å². The summed E-state index contributed by atoms with van der Waals surface area (Å²) in [7, 11) is 1.25. The fourth-order valence-electron chi connectivity index (χ4n) is 1.62. The highest BCUT2D eigenvalue weighted by Gasteiger charge is 2.59. The number of esters is 1. The first-order chi connectivity index (χ1) is 7.49. The second-order valence-corrected chi connectivity index (χ2v) is 3.76. The summed E-state index contributed by atoms with van der Waals surface area (Å²) in [4.78, 5) is 11.2. The van der Waals surface area contributed by atoms with Crippen molar-refractivity contribution in [3.63, 3.8) is 0 Å². The molecule has 5 heteroatoms. The second-order valence-electron chi connectivity index (χ2n) is 3.76. The van der Waals surface area contributed by atoms with Gasteiger partial charge in [0.25, 0.3) is 0 Å². The molecular weight excluding hydrogens is 218 g/mol. The van der Waals surface area contributed by atoms with Crippen molar-refractivity contribution >= 4 is 5.97 Å². The minimum atomic E-state index is -0.960. The van der Waals surface area contributed by atoms with Gasteiger partial charge in [-0.2, -0.15) is 0 Å². The van der Waals surface area contributed by atoms with Crippen LogP contribution in [0.5, 0.6) is 0 Å². The van der Waals surface area contributed by atoms with Crippen LogP contribution in [0.15, 0.2) is 18.2 Å². The molecule has 1 saturated heterocycles. The van der Waals surface area contributed by atoms with Gasteiger partial charge in [-0.25, -0.2) is 13.6 Å². The van der Waals surface area contributed by atoms with Gasteiger partial charge in [0.05, 0.1) is 7.11 Å². The molecule has 1 aliphatic heterocycles.